The van der Waals surface area contributed by atoms with Gasteiger partial charge in [0.25, 0.3) is 10.0 Å². The Kier molecular flexibility index (Phi) is 10.6. The van der Waals surface area contributed by atoms with Gasteiger partial charge in [-0.15, -0.1) is 0 Å². The molecule has 3 aromatic carbocycles. The molecular formula is C29H33BrClN3O5S. The summed E-state index contributed by atoms with van der Waals surface area (Å²) in [6, 6.07) is 17.2. The molecule has 1 N–H and O–H groups in total. The molecule has 0 heterocycles. The second-order valence-electron chi connectivity index (χ2n) is 9.63. The van der Waals surface area contributed by atoms with E-state index in [0.29, 0.717) is 20.9 Å². The van der Waals surface area contributed by atoms with Crippen LogP contribution in [0.4, 0.5) is 5.69 Å². The number of aryl methyl sites for hydroxylation is 1. The zero-order chi connectivity index (χ0) is 29.6. The van der Waals surface area contributed by atoms with Crippen LogP contribution in [0, 0.1) is 6.92 Å². The van der Waals surface area contributed by atoms with Crippen LogP contribution in [-0.2, 0) is 26.2 Å². The fourth-order valence-corrected chi connectivity index (χ4v) is 6.21. The molecule has 0 fully saturated rings. The first-order chi connectivity index (χ1) is 18.8. The highest BCUT2D eigenvalue weighted by molar-refractivity contribution is 9.10. The van der Waals surface area contributed by atoms with E-state index >= 15 is 0 Å². The fourth-order valence-electron chi connectivity index (χ4n) is 3.95. The van der Waals surface area contributed by atoms with Crippen molar-refractivity contribution in [2.75, 3.05) is 18.0 Å². The molecule has 0 bridgehead atoms. The number of methoxy groups -OCH3 is 1. The number of ether oxygens (including phenoxy) is 1. The first-order valence-corrected chi connectivity index (χ1v) is 15.2. The van der Waals surface area contributed by atoms with Gasteiger partial charge in [-0.3, -0.25) is 13.9 Å². The summed E-state index contributed by atoms with van der Waals surface area (Å²) in [4.78, 5) is 28.3. The number of nitrogens with one attached hydrogen (secondary N) is 1. The molecular weight excluding hydrogens is 618 g/mol. The van der Waals surface area contributed by atoms with Crippen LogP contribution < -0.4 is 14.4 Å². The van der Waals surface area contributed by atoms with Gasteiger partial charge in [0, 0.05) is 17.6 Å². The van der Waals surface area contributed by atoms with Gasteiger partial charge in [0.2, 0.25) is 11.8 Å². The highest BCUT2D eigenvalue weighted by Crippen LogP contribution is 2.31. The van der Waals surface area contributed by atoms with Gasteiger partial charge in [-0.1, -0.05) is 41.4 Å². The lowest BCUT2D eigenvalue weighted by Gasteiger charge is -2.32. The van der Waals surface area contributed by atoms with E-state index in [-0.39, 0.29) is 23.4 Å². The van der Waals surface area contributed by atoms with E-state index in [4.69, 9.17) is 16.3 Å². The van der Waals surface area contributed by atoms with Crippen LogP contribution in [0.1, 0.15) is 31.9 Å². The minimum atomic E-state index is -4.20. The zero-order valence-corrected chi connectivity index (χ0v) is 26.2. The maximum atomic E-state index is 14.0. The first kappa shape index (κ1) is 31.4. The minimum absolute atomic E-state index is 0.0246. The summed E-state index contributed by atoms with van der Waals surface area (Å²) in [5, 5.41) is 3.37. The number of hydrogen-bond donors (Lipinski definition) is 1. The Morgan fingerprint density at radius 3 is 2.17 bits per heavy atom. The Morgan fingerprint density at radius 1 is 1.00 bits per heavy atom. The van der Waals surface area contributed by atoms with E-state index < -0.39 is 28.5 Å². The van der Waals surface area contributed by atoms with E-state index in [1.54, 1.807) is 55.5 Å². The summed E-state index contributed by atoms with van der Waals surface area (Å²) in [7, 11) is -2.72. The van der Waals surface area contributed by atoms with Crippen LogP contribution in [-0.4, -0.2) is 50.9 Å². The lowest BCUT2D eigenvalue weighted by molar-refractivity contribution is -0.139. The minimum Gasteiger partial charge on any atom is -0.496 e. The molecule has 0 aliphatic carbocycles. The van der Waals surface area contributed by atoms with E-state index in [0.717, 1.165) is 15.4 Å². The Balaban J connectivity index is 2.04. The summed E-state index contributed by atoms with van der Waals surface area (Å²) < 4.78 is 34.7. The molecule has 40 heavy (non-hydrogen) atoms. The molecule has 0 saturated heterocycles. The van der Waals surface area contributed by atoms with Crippen molar-refractivity contribution in [2.24, 2.45) is 0 Å². The molecule has 0 aromatic heterocycles. The third-order valence-electron chi connectivity index (χ3n) is 6.18. The van der Waals surface area contributed by atoms with Crippen LogP contribution in [0.25, 0.3) is 0 Å². The van der Waals surface area contributed by atoms with Gasteiger partial charge in [-0.25, -0.2) is 8.42 Å². The van der Waals surface area contributed by atoms with Gasteiger partial charge < -0.3 is 15.0 Å². The number of benzene rings is 3. The molecule has 11 heteroatoms. The monoisotopic (exact) mass is 649 g/mol. The third kappa shape index (κ3) is 7.77. The van der Waals surface area contributed by atoms with Crippen LogP contribution in [0.3, 0.4) is 0 Å². The van der Waals surface area contributed by atoms with Crippen molar-refractivity contribution >= 4 is 55.1 Å². The predicted octanol–water partition coefficient (Wildman–Crippen LogP) is 5.56. The number of carbonyl (C=O) groups is 2. The number of nitrogens with zero attached hydrogens (tertiary/aromatic N) is 2. The fraction of sp³-hybridized carbons (Fsp3) is 0.310. The summed E-state index contributed by atoms with van der Waals surface area (Å²) in [5.74, 6) is -0.421. The lowest BCUT2D eigenvalue weighted by atomic mass is 10.1. The van der Waals surface area contributed by atoms with Crippen molar-refractivity contribution in [1.29, 1.82) is 0 Å². The van der Waals surface area contributed by atoms with Crippen LogP contribution in [0.2, 0.25) is 5.02 Å². The summed E-state index contributed by atoms with van der Waals surface area (Å²) in [5.41, 5.74) is 1.99. The molecule has 1 atom stereocenters. The number of sulfonamides is 1. The molecule has 2 amide bonds. The Morgan fingerprint density at radius 2 is 1.62 bits per heavy atom. The zero-order valence-electron chi connectivity index (χ0n) is 23.0. The van der Waals surface area contributed by atoms with Gasteiger partial charge in [-0.05, 0) is 91.7 Å². The van der Waals surface area contributed by atoms with Crippen molar-refractivity contribution < 1.29 is 22.7 Å². The standard InChI is InChI=1S/C29H33BrClN3O5S/c1-19(2)32-29(36)21(4)33(17-22-8-10-23(31)11-9-22)28(35)18-34(24-12-6-20(3)7-13-24)40(37,38)25-14-15-27(39-5)26(30)16-25/h6-16,19,21H,17-18H2,1-5H3,(H,32,36)/t21-/m1/s1. The Hall–Kier alpha value is -3.08. The van der Waals surface area contributed by atoms with Crippen molar-refractivity contribution in [3.63, 3.8) is 0 Å². The average Bonchev–Trinajstić information content (AvgIpc) is 2.91. The molecule has 0 unspecified atom stereocenters. The number of rotatable bonds is 11. The van der Waals surface area contributed by atoms with Crippen LogP contribution in [0.5, 0.6) is 5.75 Å². The summed E-state index contributed by atoms with van der Waals surface area (Å²) >= 11 is 9.39. The summed E-state index contributed by atoms with van der Waals surface area (Å²) in [6.07, 6.45) is 0. The number of halogens is 2. The number of carbonyl (C=O) groups excluding carboxylic acids is 2. The first-order valence-electron chi connectivity index (χ1n) is 12.6. The third-order valence-corrected chi connectivity index (χ3v) is 8.82. The molecule has 0 radical (unpaired) electrons. The van der Waals surface area contributed by atoms with Gasteiger partial charge >= 0.3 is 0 Å². The van der Waals surface area contributed by atoms with E-state index in [9.17, 15) is 18.0 Å². The predicted molar refractivity (Wildman–Crippen MR) is 161 cm³/mol. The lowest BCUT2D eigenvalue weighted by Crippen LogP contribution is -2.52. The molecule has 214 valence electrons. The molecule has 0 spiro atoms. The van der Waals surface area contributed by atoms with E-state index in [2.05, 4.69) is 21.2 Å². The topological polar surface area (TPSA) is 96.0 Å². The van der Waals surface area contributed by atoms with E-state index in [1.807, 2.05) is 20.8 Å². The number of anilines is 1. The van der Waals surface area contributed by atoms with Crippen LogP contribution >= 0.6 is 27.5 Å². The maximum absolute atomic E-state index is 14.0. The van der Waals surface area contributed by atoms with Crippen molar-refractivity contribution in [1.82, 2.24) is 10.2 Å². The highest BCUT2D eigenvalue weighted by atomic mass is 79.9. The Labute approximate surface area is 249 Å². The summed E-state index contributed by atoms with van der Waals surface area (Å²) in [6.45, 7) is 6.72. The molecule has 0 aliphatic heterocycles. The van der Waals surface area contributed by atoms with Gasteiger partial charge in [0.05, 0.1) is 22.2 Å². The molecule has 3 rings (SSSR count). The van der Waals surface area contributed by atoms with Gasteiger partial charge in [0.15, 0.2) is 0 Å². The largest absolute Gasteiger partial charge is 0.496 e. The van der Waals surface area contributed by atoms with Gasteiger partial charge in [-0.2, -0.15) is 0 Å². The van der Waals surface area contributed by atoms with Gasteiger partial charge in [0.1, 0.15) is 18.3 Å². The van der Waals surface area contributed by atoms with Crippen molar-refractivity contribution in [3.05, 3.63) is 87.4 Å². The second kappa shape index (κ2) is 13.5. The van der Waals surface area contributed by atoms with Crippen molar-refractivity contribution in [3.8, 4) is 5.75 Å². The Bertz CT molecular complexity index is 1450. The van der Waals surface area contributed by atoms with E-state index in [1.165, 1.54) is 30.2 Å². The smallest absolute Gasteiger partial charge is 0.264 e. The molecule has 3 aromatic rings. The van der Waals surface area contributed by atoms with Crippen molar-refractivity contribution in [2.45, 2.75) is 51.2 Å². The second-order valence-corrected chi connectivity index (χ2v) is 12.8. The quantitative estimate of drug-likeness (QED) is 0.293. The SMILES string of the molecule is COc1ccc(S(=O)(=O)N(CC(=O)N(Cc2ccc(Cl)cc2)[C@H](C)C(=O)NC(C)C)c2ccc(C)cc2)cc1Br. The maximum Gasteiger partial charge on any atom is 0.264 e. The number of amides is 2. The normalized spacial score (nSPS) is 12.1. The molecule has 0 saturated carbocycles. The highest BCUT2D eigenvalue weighted by Gasteiger charge is 2.33. The number of hydrogen-bond acceptors (Lipinski definition) is 5. The molecule has 0 aliphatic rings. The molecule has 8 nitrogen and oxygen atoms in total. The van der Waals surface area contributed by atoms with Crippen LogP contribution in [0.15, 0.2) is 76.1 Å². The average molecular weight is 651 g/mol.